The molecule has 0 bridgehead atoms. The Kier molecular flexibility index (Phi) is 4.68. The van der Waals surface area contributed by atoms with Crippen LogP contribution in [0, 0.1) is 12.8 Å². The average Bonchev–Trinajstić information content (AvgIpc) is 2.39. The van der Waals surface area contributed by atoms with Gasteiger partial charge in [-0.2, -0.15) is 0 Å². The maximum Gasteiger partial charge on any atom is 0.354 e. The summed E-state index contributed by atoms with van der Waals surface area (Å²) in [4.78, 5) is 19.1. The number of nitrogens with zero attached hydrogens (tertiary/aromatic N) is 2. The number of rotatable bonds is 5. The van der Waals surface area contributed by atoms with E-state index in [1.807, 2.05) is 0 Å². The number of aromatic nitrogens is 2. The molecule has 1 saturated heterocycles. The second kappa shape index (κ2) is 6.47. The van der Waals surface area contributed by atoms with E-state index < -0.39 is 5.97 Å². The summed E-state index contributed by atoms with van der Waals surface area (Å²) in [6.45, 7) is 4.20. The Hall–Kier alpha value is -1.69. The van der Waals surface area contributed by atoms with Crippen LogP contribution in [0.3, 0.4) is 0 Å². The molecule has 2 heterocycles. The van der Waals surface area contributed by atoms with Gasteiger partial charge in [0.25, 0.3) is 0 Å². The Morgan fingerprint density at radius 2 is 2.21 bits per heavy atom. The number of carboxylic acid groups (broad SMARTS) is 1. The summed E-state index contributed by atoms with van der Waals surface area (Å²) < 4.78 is 5.31. The molecule has 2 rings (SSSR count). The third-order valence-corrected chi connectivity index (χ3v) is 3.25. The first kappa shape index (κ1) is 13.7. The molecule has 1 aromatic rings. The first-order valence-corrected chi connectivity index (χ1v) is 6.56. The van der Waals surface area contributed by atoms with E-state index >= 15 is 0 Å². The third kappa shape index (κ3) is 4.17. The number of anilines is 1. The molecule has 1 aliphatic rings. The maximum atomic E-state index is 10.9. The van der Waals surface area contributed by atoms with Gasteiger partial charge in [0.05, 0.1) is 0 Å². The SMILES string of the molecule is Cc1cc(C(=O)O)nc(NCCC2CCOCC2)n1. The Balaban J connectivity index is 1.86. The van der Waals surface area contributed by atoms with Crippen molar-refractivity contribution in [3.8, 4) is 0 Å². The number of ether oxygens (including phenoxy) is 1. The number of nitrogens with one attached hydrogen (secondary N) is 1. The summed E-state index contributed by atoms with van der Waals surface area (Å²) in [7, 11) is 0. The number of hydrogen-bond donors (Lipinski definition) is 2. The van der Waals surface area contributed by atoms with E-state index in [4.69, 9.17) is 9.84 Å². The largest absolute Gasteiger partial charge is 0.477 e. The van der Waals surface area contributed by atoms with E-state index in [2.05, 4.69) is 15.3 Å². The van der Waals surface area contributed by atoms with Crippen LogP contribution in [0.4, 0.5) is 5.95 Å². The van der Waals surface area contributed by atoms with Crippen LogP contribution in [-0.4, -0.2) is 40.8 Å². The fraction of sp³-hybridized carbons (Fsp3) is 0.615. The minimum atomic E-state index is -1.03. The molecular formula is C13H19N3O3. The van der Waals surface area contributed by atoms with Crippen LogP contribution in [0.2, 0.25) is 0 Å². The summed E-state index contributed by atoms with van der Waals surface area (Å²) in [5.74, 6) is 0.0347. The molecule has 1 aliphatic heterocycles. The van der Waals surface area contributed by atoms with Crippen molar-refractivity contribution in [3.63, 3.8) is 0 Å². The van der Waals surface area contributed by atoms with Gasteiger partial charge < -0.3 is 15.2 Å². The highest BCUT2D eigenvalue weighted by Gasteiger charge is 2.13. The first-order chi connectivity index (χ1) is 9.15. The van der Waals surface area contributed by atoms with Gasteiger partial charge in [-0.15, -0.1) is 0 Å². The van der Waals surface area contributed by atoms with E-state index in [-0.39, 0.29) is 5.69 Å². The van der Waals surface area contributed by atoms with Gasteiger partial charge in [-0.3, -0.25) is 0 Å². The molecule has 104 valence electrons. The summed E-state index contributed by atoms with van der Waals surface area (Å²) >= 11 is 0. The number of aromatic carboxylic acids is 1. The van der Waals surface area contributed by atoms with Crippen LogP contribution in [0.15, 0.2) is 6.07 Å². The summed E-state index contributed by atoms with van der Waals surface area (Å²) in [6, 6.07) is 1.46. The molecule has 6 nitrogen and oxygen atoms in total. The van der Waals surface area contributed by atoms with Gasteiger partial charge in [0.2, 0.25) is 5.95 Å². The summed E-state index contributed by atoms with van der Waals surface area (Å²) in [5.41, 5.74) is 0.682. The van der Waals surface area contributed by atoms with E-state index in [9.17, 15) is 4.79 Å². The van der Waals surface area contributed by atoms with Crippen molar-refractivity contribution in [1.82, 2.24) is 9.97 Å². The lowest BCUT2D eigenvalue weighted by molar-refractivity contribution is 0.0649. The number of hydrogen-bond acceptors (Lipinski definition) is 5. The van der Waals surface area contributed by atoms with E-state index in [1.54, 1.807) is 6.92 Å². The van der Waals surface area contributed by atoms with E-state index in [0.717, 1.165) is 39.0 Å². The summed E-state index contributed by atoms with van der Waals surface area (Å²) in [6.07, 6.45) is 3.22. The van der Waals surface area contributed by atoms with Crippen LogP contribution >= 0.6 is 0 Å². The average molecular weight is 265 g/mol. The quantitative estimate of drug-likeness (QED) is 0.843. The van der Waals surface area contributed by atoms with Crippen molar-refractivity contribution in [2.75, 3.05) is 25.1 Å². The molecule has 0 amide bonds. The zero-order chi connectivity index (χ0) is 13.7. The molecule has 1 fully saturated rings. The van der Waals surface area contributed by atoms with Gasteiger partial charge in [-0.1, -0.05) is 0 Å². The first-order valence-electron chi connectivity index (χ1n) is 6.56. The zero-order valence-electron chi connectivity index (χ0n) is 11.1. The molecule has 0 aromatic carbocycles. The predicted molar refractivity (Wildman–Crippen MR) is 70.4 cm³/mol. The molecule has 0 saturated carbocycles. The Bertz CT molecular complexity index is 445. The van der Waals surface area contributed by atoms with Crippen molar-refractivity contribution in [1.29, 1.82) is 0 Å². The van der Waals surface area contributed by atoms with Crippen LogP contribution in [-0.2, 0) is 4.74 Å². The molecule has 0 aliphatic carbocycles. The minimum Gasteiger partial charge on any atom is -0.477 e. The smallest absolute Gasteiger partial charge is 0.354 e. The van der Waals surface area contributed by atoms with Crippen molar-refractivity contribution >= 4 is 11.9 Å². The highest BCUT2D eigenvalue weighted by molar-refractivity contribution is 5.85. The fourth-order valence-corrected chi connectivity index (χ4v) is 2.18. The fourth-order valence-electron chi connectivity index (χ4n) is 2.18. The lowest BCUT2D eigenvalue weighted by Crippen LogP contribution is -2.19. The van der Waals surface area contributed by atoms with Crippen LogP contribution in [0.25, 0.3) is 0 Å². The molecule has 6 heteroatoms. The van der Waals surface area contributed by atoms with Gasteiger partial charge in [0.1, 0.15) is 0 Å². The van der Waals surface area contributed by atoms with Crippen LogP contribution < -0.4 is 5.32 Å². The zero-order valence-corrected chi connectivity index (χ0v) is 11.1. The van der Waals surface area contributed by atoms with Crippen molar-refractivity contribution in [3.05, 3.63) is 17.5 Å². The molecule has 0 radical (unpaired) electrons. The molecular weight excluding hydrogens is 246 g/mol. The minimum absolute atomic E-state index is 0.0288. The molecule has 2 N–H and O–H groups in total. The van der Waals surface area contributed by atoms with Crippen LogP contribution in [0.1, 0.15) is 35.4 Å². The Morgan fingerprint density at radius 3 is 2.89 bits per heavy atom. The van der Waals surface area contributed by atoms with Gasteiger partial charge in [0, 0.05) is 25.5 Å². The van der Waals surface area contributed by atoms with Gasteiger partial charge in [-0.25, -0.2) is 14.8 Å². The number of carboxylic acids is 1. The van der Waals surface area contributed by atoms with Gasteiger partial charge in [0.15, 0.2) is 5.69 Å². The maximum absolute atomic E-state index is 10.9. The molecule has 0 spiro atoms. The van der Waals surface area contributed by atoms with Crippen molar-refractivity contribution in [2.45, 2.75) is 26.2 Å². The third-order valence-electron chi connectivity index (χ3n) is 3.25. The number of carbonyl (C=O) groups is 1. The Morgan fingerprint density at radius 1 is 1.47 bits per heavy atom. The summed E-state index contributed by atoms with van der Waals surface area (Å²) in [5, 5.41) is 12.0. The second-order valence-corrected chi connectivity index (χ2v) is 4.79. The topological polar surface area (TPSA) is 84.3 Å². The van der Waals surface area contributed by atoms with Gasteiger partial charge >= 0.3 is 5.97 Å². The van der Waals surface area contributed by atoms with Gasteiger partial charge in [-0.05, 0) is 38.2 Å². The second-order valence-electron chi connectivity index (χ2n) is 4.79. The molecule has 0 unspecified atom stereocenters. The molecule has 19 heavy (non-hydrogen) atoms. The standard InChI is InChI=1S/C13H19N3O3/c1-9-8-11(12(17)18)16-13(15-9)14-5-2-10-3-6-19-7-4-10/h8,10H,2-7H2,1H3,(H,17,18)(H,14,15,16). The van der Waals surface area contributed by atoms with E-state index in [0.29, 0.717) is 17.6 Å². The molecule has 1 aromatic heterocycles. The molecule has 0 atom stereocenters. The Labute approximate surface area is 112 Å². The lowest BCUT2D eigenvalue weighted by Gasteiger charge is -2.21. The number of aryl methyl sites for hydroxylation is 1. The normalized spacial score (nSPS) is 16.3. The highest BCUT2D eigenvalue weighted by atomic mass is 16.5. The lowest BCUT2D eigenvalue weighted by atomic mass is 9.97. The van der Waals surface area contributed by atoms with Crippen molar-refractivity contribution in [2.24, 2.45) is 5.92 Å². The van der Waals surface area contributed by atoms with Crippen molar-refractivity contribution < 1.29 is 14.6 Å². The monoisotopic (exact) mass is 265 g/mol. The van der Waals surface area contributed by atoms with Crippen LogP contribution in [0.5, 0.6) is 0 Å². The highest BCUT2D eigenvalue weighted by Crippen LogP contribution is 2.18. The predicted octanol–water partition coefficient (Wildman–Crippen LogP) is 1.71. The van der Waals surface area contributed by atoms with E-state index in [1.165, 1.54) is 6.07 Å².